The van der Waals surface area contributed by atoms with Gasteiger partial charge in [-0.1, -0.05) is 15.9 Å². The maximum atomic E-state index is 11.8. The van der Waals surface area contributed by atoms with E-state index in [0.717, 1.165) is 38.5 Å². The van der Waals surface area contributed by atoms with Gasteiger partial charge in [-0.05, 0) is 19.1 Å². The van der Waals surface area contributed by atoms with Gasteiger partial charge < -0.3 is 9.32 Å². The topological polar surface area (TPSA) is 36.7 Å². The van der Waals surface area contributed by atoms with Gasteiger partial charge in [-0.2, -0.15) is 0 Å². The number of hydrogen-bond acceptors (Lipinski definition) is 3. The molecule has 0 N–H and O–H groups in total. The van der Waals surface area contributed by atoms with E-state index in [1.807, 2.05) is 24.0 Å². The third-order valence-electron chi connectivity index (χ3n) is 2.98. The highest BCUT2D eigenvalue weighted by atomic mass is 79.9. The van der Waals surface area contributed by atoms with Crippen molar-refractivity contribution >= 4 is 21.8 Å². The van der Waals surface area contributed by atoms with Gasteiger partial charge in [-0.15, -0.1) is 0 Å². The van der Waals surface area contributed by atoms with Crippen molar-refractivity contribution in [3.8, 4) is 0 Å². The van der Waals surface area contributed by atoms with Gasteiger partial charge in [0, 0.05) is 26.2 Å². The number of furan rings is 1. The molecule has 1 aliphatic heterocycles. The minimum atomic E-state index is -0.0841. The second-order valence-corrected chi connectivity index (χ2v) is 5.67. The molecule has 2 heterocycles. The number of carbonyl (C=O) groups is 1. The van der Waals surface area contributed by atoms with Gasteiger partial charge in [0.25, 0.3) is 0 Å². The molecule has 17 heavy (non-hydrogen) atoms. The van der Waals surface area contributed by atoms with E-state index in [2.05, 4.69) is 20.8 Å². The molecule has 1 fully saturated rings. The Kier molecular flexibility index (Phi) is 4.23. The van der Waals surface area contributed by atoms with Gasteiger partial charge in [0.2, 0.25) is 5.91 Å². The number of piperazine rings is 1. The molecule has 0 spiro atoms. The molecule has 1 saturated heterocycles. The number of hydrogen-bond donors (Lipinski definition) is 0. The zero-order chi connectivity index (χ0) is 12.3. The molecule has 0 saturated carbocycles. The molecule has 0 aromatic carbocycles. The van der Waals surface area contributed by atoms with Gasteiger partial charge >= 0.3 is 0 Å². The largest absolute Gasteiger partial charge is 0.468 e. The van der Waals surface area contributed by atoms with E-state index >= 15 is 0 Å². The van der Waals surface area contributed by atoms with Gasteiger partial charge in [-0.25, -0.2) is 0 Å². The van der Waals surface area contributed by atoms with Gasteiger partial charge in [0.15, 0.2) is 0 Å². The van der Waals surface area contributed by atoms with Crippen LogP contribution in [0.25, 0.3) is 0 Å². The number of rotatable bonds is 3. The predicted molar refractivity (Wildman–Crippen MR) is 69.0 cm³/mol. The van der Waals surface area contributed by atoms with Crippen LogP contribution in [0.5, 0.6) is 0 Å². The summed E-state index contributed by atoms with van der Waals surface area (Å²) in [7, 11) is 0. The van der Waals surface area contributed by atoms with Gasteiger partial charge in [-0.3, -0.25) is 9.69 Å². The molecule has 1 aromatic rings. The van der Waals surface area contributed by atoms with Crippen LogP contribution in [0.1, 0.15) is 12.7 Å². The summed E-state index contributed by atoms with van der Waals surface area (Å²) in [6.45, 7) is 6.12. The molecule has 0 aliphatic carbocycles. The van der Waals surface area contributed by atoms with E-state index in [-0.39, 0.29) is 10.7 Å². The highest BCUT2D eigenvalue weighted by Crippen LogP contribution is 2.11. The van der Waals surface area contributed by atoms with Crippen LogP contribution in [-0.2, 0) is 11.3 Å². The van der Waals surface area contributed by atoms with Crippen molar-refractivity contribution in [2.45, 2.75) is 18.3 Å². The molecule has 2 rings (SSSR count). The lowest BCUT2D eigenvalue weighted by atomic mass is 10.2. The number of nitrogens with zero attached hydrogens (tertiary/aromatic N) is 2. The highest BCUT2D eigenvalue weighted by molar-refractivity contribution is 9.10. The minimum absolute atomic E-state index is 0.0841. The maximum Gasteiger partial charge on any atom is 0.236 e. The van der Waals surface area contributed by atoms with Crippen molar-refractivity contribution in [2.75, 3.05) is 26.2 Å². The Labute approximate surface area is 110 Å². The van der Waals surface area contributed by atoms with E-state index in [4.69, 9.17) is 4.42 Å². The molecule has 4 nitrogen and oxygen atoms in total. The Bertz CT molecular complexity index is 357. The standard InChI is InChI=1S/C12H17BrN2O2/c1-10(13)12(16)15-6-4-14(5-7-15)9-11-3-2-8-17-11/h2-3,8,10H,4-7,9H2,1H3. The van der Waals surface area contributed by atoms with Crippen molar-refractivity contribution in [3.05, 3.63) is 24.2 Å². The first-order valence-corrected chi connectivity index (χ1v) is 6.76. The lowest BCUT2D eigenvalue weighted by molar-refractivity contribution is -0.132. The summed E-state index contributed by atoms with van der Waals surface area (Å²) >= 11 is 3.32. The van der Waals surface area contributed by atoms with Crippen LogP contribution >= 0.6 is 15.9 Å². The van der Waals surface area contributed by atoms with Crippen LogP contribution in [-0.4, -0.2) is 46.7 Å². The fraction of sp³-hybridized carbons (Fsp3) is 0.583. The van der Waals surface area contributed by atoms with Crippen LogP contribution in [0, 0.1) is 0 Å². The second-order valence-electron chi connectivity index (χ2n) is 4.30. The molecular formula is C12H17BrN2O2. The van der Waals surface area contributed by atoms with Crippen LogP contribution in [0.15, 0.2) is 22.8 Å². The Hall–Kier alpha value is -0.810. The summed E-state index contributed by atoms with van der Waals surface area (Å²) in [6, 6.07) is 3.89. The van der Waals surface area contributed by atoms with Crippen LogP contribution in [0.4, 0.5) is 0 Å². The zero-order valence-electron chi connectivity index (χ0n) is 9.93. The van der Waals surface area contributed by atoms with Crippen LogP contribution < -0.4 is 0 Å². The lowest BCUT2D eigenvalue weighted by Crippen LogP contribution is -2.49. The molecular weight excluding hydrogens is 284 g/mol. The monoisotopic (exact) mass is 300 g/mol. The fourth-order valence-corrected chi connectivity index (χ4v) is 2.29. The SMILES string of the molecule is CC(Br)C(=O)N1CCN(Cc2ccco2)CC1. The fourth-order valence-electron chi connectivity index (χ4n) is 2.00. The minimum Gasteiger partial charge on any atom is -0.468 e. The number of alkyl halides is 1. The van der Waals surface area contributed by atoms with E-state index in [1.165, 1.54) is 0 Å². The predicted octanol–water partition coefficient (Wildman–Crippen LogP) is 1.71. The van der Waals surface area contributed by atoms with Crippen molar-refractivity contribution in [1.29, 1.82) is 0 Å². The second kappa shape index (κ2) is 5.69. The van der Waals surface area contributed by atoms with Gasteiger partial charge in [0.1, 0.15) is 5.76 Å². The third kappa shape index (κ3) is 3.33. The molecule has 0 bridgehead atoms. The molecule has 1 aliphatic rings. The zero-order valence-corrected chi connectivity index (χ0v) is 11.5. The Balaban J connectivity index is 1.80. The van der Waals surface area contributed by atoms with E-state index in [9.17, 15) is 4.79 Å². The molecule has 5 heteroatoms. The first-order valence-electron chi connectivity index (χ1n) is 5.84. The summed E-state index contributed by atoms with van der Waals surface area (Å²) in [5.41, 5.74) is 0. The van der Waals surface area contributed by atoms with Crippen molar-refractivity contribution in [1.82, 2.24) is 9.80 Å². The molecule has 1 unspecified atom stereocenters. The average molecular weight is 301 g/mol. The summed E-state index contributed by atoms with van der Waals surface area (Å²) in [6.07, 6.45) is 1.70. The Morgan fingerprint density at radius 2 is 2.18 bits per heavy atom. The molecule has 1 atom stereocenters. The number of amides is 1. The third-order valence-corrected chi connectivity index (χ3v) is 3.38. The summed E-state index contributed by atoms with van der Waals surface area (Å²) in [5, 5.41) is 0. The lowest BCUT2D eigenvalue weighted by Gasteiger charge is -2.34. The summed E-state index contributed by atoms with van der Waals surface area (Å²) in [5.74, 6) is 1.17. The quantitative estimate of drug-likeness (QED) is 0.798. The van der Waals surface area contributed by atoms with E-state index in [1.54, 1.807) is 6.26 Å². The average Bonchev–Trinajstić information content (AvgIpc) is 2.82. The van der Waals surface area contributed by atoms with Crippen LogP contribution in [0.3, 0.4) is 0 Å². The Morgan fingerprint density at radius 3 is 2.71 bits per heavy atom. The van der Waals surface area contributed by atoms with Crippen LogP contribution in [0.2, 0.25) is 0 Å². The number of carbonyl (C=O) groups excluding carboxylic acids is 1. The van der Waals surface area contributed by atoms with Crippen molar-refractivity contribution < 1.29 is 9.21 Å². The number of halogens is 1. The first-order chi connectivity index (χ1) is 8.16. The molecule has 1 amide bonds. The summed E-state index contributed by atoms with van der Waals surface area (Å²) < 4.78 is 5.32. The summed E-state index contributed by atoms with van der Waals surface area (Å²) in [4.78, 5) is 15.9. The highest BCUT2D eigenvalue weighted by Gasteiger charge is 2.23. The normalized spacial score (nSPS) is 19.3. The van der Waals surface area contributed by atoms with E-state index < -0.39 is 0 Å². The molecule has 0 radical (unpaired) electrons. The molecule has 1 aromatic heterocycles. The van der Waals surface area contributed by atoms with E-state index in [0.29, 0.717) is 0 Å². The smallest absolute Gasteiger partial charge is 0.236 e. The molecule has 94 valence electrons. The van der Waals surface area contributed by atoms with Gasteiger partial charge in [0.05, 0.1) is 17.6 Å². The maximum absolute atomic E-state index is 11.8. The van der Waals surface area contributed by atoms with Crippen molar-refractivity contribution in [2.24, 2.45) is 0 Å². The Morgan fingerprint density at radius 1 is 1.47 bits per heavy atom. The first kappa shape index (κ1) is 12.6. The van der Waals surface area contributed by atoms with Crippen molar-refractivity contribution in [3.63, 3.8) is 0 Å².